The first-order chi connectivity index (χ1) is 17.1. The highest BCUT2D eigenvalue weighted by Crippen LogP contribution is 2.32. The van der Waals surface area contributed by atoms with E-state index >= 15 is 0 Å². The van der Waals surface area contributed by atoms with Gasteiger partial charge in [-0.1, -0.05) is 36.4 Å². The summed E-state index contributed by atoms with van der Waals surface area (Å²) in [6.45, 7) is -0.0888. The van der Waals surface area contributed by atoms with Gasteiger partial charge in [-0.25, -0.2) is 4.98 Å². The summed E-state index contributed by atoms with van der Waals surface area (Å²) in [4.78, 5) is 30.0. The van der Waals surface area contributed by atoms with Crippen molar-refractivity contribution < 1.29 is 19.1 Å². The van der Waals surface area contributed by atoms with Crippen LogP contribution in [0.5, 0.6) is 11.5 Å². The maximum Gasteiger partial charge on any atom is 0.262 e. The Bertz CT molecular complexity index is 1290. The molecule has 2 amide bonds. The van der Waals surface area contributed by atoms with Gasteiger partial charge in [0.25, 0.3) is 5.91 Å². The van der Waals surface area contributed by atoms with Gasteiger partial charge < -0.3 is 20.1 Å². The van der Waals surface area contributed by atoms with Crippen molar-refractivity contribution in [2.45, 2.75) is 4.90 Å². The molecule has 0 aliphatic carbocycles. The number of amides is 2. The fourth-order valence-electron chi connectivity index (χ4n) is 3.14. The van der Waals surface area contributed by atoms with Crippen LogP contribution in [0.2, 0.25) is 0 Å². The van der Waals surface area contributed by atoms with Crippen LogP contribution in [0.25, 0.3) is 11.3 Å². The second-order valence-corrected chi connectivity index (χ2v) is 9.16. The Kier molecular flexibility index (Phi) is 8.37. The summed E-state index contributed by atoms with van der Waals surface area (Å²) in [6, 6.07) is 24.1. The summed E-state index contributed by atoms with van der Waals surface area (Å²) in [6.07, 6.45) is 0. The highest BCUT2D eigenvalue weighted by atomic mass is 32.2. The van der Waals surface area contributed by atoms with E-state index < -0.39 is 0 Å². The standard InChI is InChI=1S/C26H23N3O4S2/c1-32-23-13-6-5-12-21(23)22-16-35-26(28-22)29-25(31)17-34-20-11-7-8-18(14-20)27-24(30)15-33-19-9-3-2-4-10-19/h2-14,16H,15,17H2,1H3,(H,27,30)(H,28,29,31). The number of methoxy groups -OCH3 is 1. The molecule has 0 spiro atoms. The molecule has 0 fully saturated rings. The van der Waals surface area contributed by atoms with Crippen molar-refractivity contribution in [3.05, 3.63) is 84.2 Å². The van der Waals surface area contributed by atoms with Crippen LogP contribution in [-0.4, -0.2) is 36.3 Å². The predicted octanol–water partition coefficient (Wildman–Crippen LogP) is 5.57. The lowest BCUT2D eigenvalue weighted by molar-refractivity contribution is -0.118. The Hall–Kier alpha value is -3.82. The zero-order chi connectivity index (χ0) is 24.5. The minimum absolute atomic E-state index is 0.0888. The number of aromatic nitrogens is 1. The van der Waals surface area contributed by atoms with Crippen LogP contribution in [-0.2, 0) is 9.59 Å². The number of ether oxygens (including phenoxy) is 2. The maximum atomic E-state index is 12.5. The number of thiazole rings is 1. The molecular formula is C26H23N3O4S2. The number of thioether (sulfide) groups is 1. The molecule has 0 aliphatic heterocycles. The first kappa shape index (κ1) is 24.3. The van der Waals surface area contributed by atoms with Gasteiger partial charge in [0.1, 0.15) is 11.5 Å². The third kappa shape index (κ3) is 7.08. The van der Waals surface area contributed by atoms with E-state index in [0.29, 0.717) is 16.6 Å². The summed E-state index contributed by atoms with van der Waals surface area (Å²) < 4.78 is 10.9. The van der Waals surface area contributed by atoms with Crippen molar-refractivity contribution in [1.82, 2.24) is 4.98 Å². The average molecular weight is 506 g/mol. The maximum absolute atomic E-state index is 12.5. The molecule has 35 heavy (non-hydrogen) atoms. The minimum Gasteiger partial charge on any atom is -0.496 e. The van der Waals surface area contributed by atoms with Crippen LogP contribution in [0.15, 0.2) is 89.1 Å². The lowest BCUT2D eigenvalue weighted by Gasteiger charge is -2.09. The molecule has 0 radical (unpaired) electrons. The van der Waals surface area contributed by atoms with Gasteiger partial charge in [0.15, 0.2) is 11.7 Å². The van der Waals surface area contributed by atoms with Crippen molar-refractivity contribution >= 4 is 45.7 Å². The zero-order valence-corrected chi connectivity index (χ0v) is 20.5. The first-order valence-corrected chi connectivity index (χ1v) is 12.6. The quantitative estimate of drug-likeness (QED) is 0.274. The van der Waals surface area contributed by atoms with Crippen molar-refractivity contribution in [3.63, 3.8) is 0 Å². The molecule has 7 nitrogen and oxygen atoms in total. The molecule has 9 heteroatoms. The number of carbonyl (C=O) groups is 2. The fourth-order valence-corrected chi connectivity index (χ4v) is 4.62. The molecule has 1 aromatic heterocycles. The summed E-state index contributed by atoms with van der Waals surface area (Å²) in [7, 11) is 1.62. The average Bonchev–Trinajstić information content (AvgIpc) is 3.35. The number of benzene rings is 3. The molecular weight excluding hydrogens is 482 g/mol. The molecule has 0 bridgehead atoms. The van der Waals surface area contributed by atoms with E-state index in [1.54, 1.807) is 25.3 Å². The number of hydrogen-bond acceptors (Lipinski definition) is 7. The molecule has 2 N–H and O–H groups in total. The van der Waals surface area contributed by atoms with Crippen molar-refractivity contribution in [3.8, 4) is 22.8 Å². The molecule has 178 valence electrons. The Morgan fingerprint density at radius 2 is 1.74 bits per heavy atom. The summed E-state index contributed by atoms with van der Waals surface area (Å²) >= 11 is 2.73. The molecule has 3 aromatic carbocycles. The van der Waals surface area contributed by atoms with Gasteiger partial charge >= 0.3 is 0 Å². The van der Waals surface area contributed by atoms with Gasteiger partial charge in [-0.15, -0.1) is 23.1 Å². The smallest absolute Gasteiger partial charge is 0.262 e. The third-order valence-electron chi connectivity index (χ3n) is 4.73. The van der Waals surface area contributed by atoms with Crippen LogP contribution < -0.4 is 20.1 Å². The Balaban J connectivity index is 1.27. The number of para-hydroxylation sites is 2. The largest absolute Gasteiger partial charge is 0.496 e. The number of nitrogens with zero attached hydrogens (tertiary/aromatic N) is 1. The van der Waals surface area contributed by atoms with Gasteiger partial charge in [-0.05, 0) is 42.5 Å². The number of hydrogen-bond donors (Lipinski definition) is 2. The summed E-state index contributed by atoms with van der Waals surface area (Å²) in [5, 5.41) is 8.06. The van der Waals surface area contributed by atoms with Crippen LogP contribution in [0.4, 0.5) is 10.8 Å². The second kappa shape index (κ2) is 12.0. The molecule has 0 aliphatic rings. The number of rotatable bonds is 10. The van der Waals surface area contributed by atoms with E-state index in [1.165, 1.54) is 23.1 Å². The Morgan fingerprint density at radius 3 is 2.57 bits per heavy atom. The Morgan fingerprint density at radius 1 is 0.943 bits per heavy atom. The highest BCUT2D eigenvalue weighted by molar-refractivity contribution is 8.00. The SMILES string of the molecule is COc1ccccc1-c1csc(NC(=O)CSc2cccc(NC(=O)COc3ccccc3)c2)n1. The highest BCUT2D eigenvalue weighted by Gasteiger charge is 2.12. The van der Waals surface area contributed by atoms with Crippen molar-refractivity contribution in [2.24, 2.45) is 0 Å². The zero-order valence-electron chi connectivity index (χ0n) is 18.9. The van der Waals surface area contributed by atoms with Gasteiger partial charge in [0.05, 0.1) is 18.6 Å². The van der Waals surface area contributed by atoms with Crippen molar-refractivity contribution in [1.29, 1.82) is 0 Å². The minimum atomic E-state index is -0.261. The van der Waals surface area contributed by atoms with Gasteiger partial charge in [0, 0.05) is 21.5 Å². The van der Waals surface area contributed by atoms with E-state index in [2.05, 4.69) is 15.6 Å². The van der Waals surface area contributed by atoms with Crippen molar-refractivity contribution in [2.75, 3.05) is 30.1 Å². The second-order valence-electron chi connectivity index (χ2n) is 7.25. The monoisotopic (exact) mass is 505 g/mol. The third-order valence-corrected chi connectivity index (χ3v) is 6.49. The number of nitrogens with one attached hydrogen (secondary N) is 2. The molecule has 0 saturated carbocycles. The fraction of sp³-hybridized carbons (Fsp3) is 0.115. The lowest BCUT2D eigenvalue weighted by atomic mass is 10.1. The van der Waals surface area contributed by atoms with Gasteiger partial charge in [-0.3, -0.25) is 9.59 Å². The first-order valence-electron chi connectivity index (χ1n) is 10.7. The predicted molar refractivity (Wildman–Crippen MR) is 140 cm³/mol. The van der Waals surface area contributed by atoms with E-state index in [1.807, 2.05) is 66.0 Å². The van der Waals surface area contributed by atoms with E-state index in [4.69, 9.17) is 9.47 Å². The van der Waals surface area contributed by atoms with E-state index in [-0.39, 0.29) is 24.2 Å². The topological polar surface area (TPSA) is 89.6 Å². The van der Waals surface area contributed by atoms with Crippen LogP contribution in [0.3, 0.4) is 0 Å². The van der Waals surface area contributed by atoms with E-state index in [0.717, 1.165) is 21.9 Å². The summed E-state index contributed by atoms with van der Waals surface area (Å²) in [5.74, 6) is 1.14. The van der Waals surface area contributed by atoms with Crippen LogP contribution in [0.1, 0.15) is 0 Å². The molecule has 4 aromatic rings. The van der Waals surface area contributed by atoms with E-state index in [9.17, 15) is 9.59 Å². The molecule has 1 heterocycles. The van der Waals surface area contributed by atoms with Crippen LogP contribution >= 0.6 is 23.1 Å². The molecule has 4 rings (SSSR count). The molecule has 0 atom stereocenters. The van der Waals surface area contributed by atoms with Crippen LogP contribution in [0, 0.1) is 0 Å². The van der Waals surface area contributed by atoms with Gasteiger partial charge in [0.2, 0.25) is 5.91 Å². The lowest BCUT2D eigenvalue weighted by Crippen LogP contribution is -2.20. The Labute approximate surface area is 211 Å². The number of carbonyl (C=O) groups excluding carboxylic acids is 2. The molecule has 0 saturated heterocycles. The number of anilines is 2. The summed E-state index contributed by atoms with van der Waals surface area (Å²) in [5.41, 5.74) is 2.25. The van der Waals surface area contributed by atoms with Gasteiger partial charge in [-0.2, -0.15) is 0 Å². The normalized spacial score (nSPS) is 10.4. The molecule has 0 unspecified atom stereocenters.